The number of thiophene rings is 1. The van der Waals surface area contributed by atoms with E-state index in [9.17, 15) is 4.79 Å². The van der Waals surface area contributed by atoms with Crippen molar-refractivity contribution in [2.24, 2.45) is 0 Å². The normalized spacial score (nSPS) is 10.2. The van der Waals surface area contributed by atoms with Crippen LogP contribution in [0.2, 0.25) is 0 Å². The maximum Gasteiger partial charge on any atom is 0.337 e. The molecule has 17 heavy (non-hydrogen) atoms. The summed E-state index contributed by atoms with van der Waals surface area (Å²) in [7, 11) is 0. The van der Waals surface area contributed by atoms with E-state index in [1.807, 2.05) is 11.4 Å². The summed E-state index contributed by atoms with van der Waals surface area (Å²) in [5.41, 5.74) is 0.188. The summed E-state index contributed by atoms with van der Waals surface area (Å²) in [4.78, 5) is 15.8. The van der Waals surface area contributed by atoms with Gasteiger partial charge >= 0.3 is 5.97 Å². The van der Waals surface area contributed by atoms with E-state index in [2.05, 4.69) is 26.2 Å². The van der Waals surface area contributed by atoms with Gasteiger partial charge in [0.15, 0.2) is 0 Å². The molecule has 0 aliphatic carbocycles. The van der Waals surface area contributed by atoms with Crippen molar-refractivity contribution < 1.29 is 9.90 Å². The first-order valence-corrected chi connectivity index (χ1v) is 6.49. The van der Waals surface area contributed by atoms with E-state index in [1.165, 1.54) is 17.1 Å². The number of aromatic nitrogens is 1. The van der Waals surface area contributed by atoms with E-state index in [-0.39, 0.29) is 5.56 Å². The Balaban J connectivity index is 2.00. The number of carbonyl (C=O) groups is 1. The molecule has 0 spiro atoms. The molecule has 0 fully saturated rings. The molecule has 0 saturated carbocycles. The molecule has 88 valence electrons. The Hall–Kier alpha value is -1.40. The largest absolute Gasteiger partial charge is 0.478 e. The Morgan fingerprint density at radius 1 is 1.47 bits per heavy atom. The Kier molecular flexibility index (Phi) is 3.75. The van der Waals surface area contributed by atoms with Crippen molar-refractivity contribution in [1.82, 2.24) is 4.98 Å². The Morgan fingerprint density at radius 2 is 2.29 bits per heavy atom. The van der Waals surface area contributed by atoms with Crippen LogP contribution in [0.1, 0.15) is 15.2 Å². The first-order valence-electron chi connectivity index (χ1n) is 4.82. The summed E-state index contributed by atoms with van der Waals surface area (Å²) < 4.78 is 1.07. The second-order valence-corrected chi connectivity index (χ2v) is 5.14. The monoisotopic (exact) mass is 312 g/mol. The van der Waals surface area contributed by atoms with Crippen LogP contribution in [-0.4, -0.2) is 16.1 Å². The number of hydrogen-bond acceptors (Lipinski definition) is 4. The number of pyridine rings is 1. The summed E-state index contributed by atoms with van der Waals surface area (Å²) in [5, 5.41) is 13.9. The first kappa shape index (κ1) is 12.1. The molecule has 0 aromatic carbocycles. The minimum atomic E-state index is -0.968. The number of anilines is 1. The highest BCUT2D eigenvalue weighted by Gasteiger charge is 2.04. The summed E-state index contributed by atoms with van der Waals surface area (Å²) in [6, 6.07) is 5.18. The minimum absolute atomic E-state index is 0.188. The smallest absolute Gasteiger partial charge is 0.337 e. The van der Waals surface area contributed by atoms with Crippen LogP contribution < -0.4 is 5.32 Å². The van der Waals surface area contributed by atoms with E-state index < -0.39 is 5.97 Å². The van der Waals surface area contributed by atoms with Crippen LogP contribution in [0.5, 0.6) is 0 Å². The molecule has 0 radical (unpaired) electrons. The molecule has 0 aliphatic heterocycles. The average molecular weight is 313 g/mol. The lowest BCUT2D eigenvalue weighted by Gasteiger charge is -2.04. The zero-order valence-corrected chi connectivity index (χ0v) is 11.1. The highest BCUT2D eigenvalue weighted by atomic mass is 79.9. The van der Waals surface area contributed by atoms with E-state index in [0.717, 1.165) is 4.47 Å². The summed E-state index contributed by atoms with van der Waals surface area (Å²) in [5.74, 6) is -0.305. The van der Waals surface area contributed by atoms with Crippen molar-refractivity contribution in [2.45, 2.75) is 6.54 Å². The number of halogens is 1. The zero-order chi connectivity index (χ0) is 12.3. The maximum absolute atomic E-state index is 10.6. The topological polar surface area (TPSA) is 62.2 Å². The van der Waals surface area contributed by atoms with Gasteiger partial charge in [0.1, 0.15) is 5.82 Å². The number of nitrogens with zero attached hydrogens (tertiary/aromatic N) is 1. The number of carboxylic acid groups (broad SMARTS) is 1. The quantitative estimate of drug-likeness (QED) is 0.910. The van der Waals surface area contributed by atoms with Gasteiger partial charge in [-0.25, -0.2) is 9.78 Å². The van der Waals surface area contributed by atoms with E-state index in [4.69, 9.17) is 5.11 Å². The van der Waals surface area contributed by atoms with Gasteiger partial charge < -0.3 is 10.4 Å². The van der Waals surface area contributed by atoms with Crippen molar-refractivity contribution in [3.63, 3.8) is 0 Å². The molecular formula is C11H9BrN2O2S. The van der Waals surface area contributed by atoms with Crippen LogP contribution in [0.25, 0.3) is 0 Å². The maximum atomic E-state index is 10.6. The molecule has 0 aliphatic rings. The van der Waals surface area contributed by atoms with Crippen LogP contribution in [0.3, 0.4) is 0 Å². The fraction of sp³-hybridized carbons (Fsp3) is 0.0909. The molecule has 0 amide bonds. The number of rotatable bonds is 4. The third-order valence-corrected chi connectivity index (χ3v) is 4.06. The Bertz CT molecular complexity index is 525. The van der Waals surface area contributed by atoms with Crippen molar-refractivity contribution in [1.29, 1.82) is 0 Å². The molecule has 0 unspecified atom stereocenters. The van der Waals surface area contributed by atoms with Crippen molar-refractivity contribution in [2.75, 3.05) is 5.32 Å². The molecule has 6 heteroatoms. The Labute approximate surface area is 110 Å². The standard InChI is InChI=1S/C11H9BrN2O2S/c12-8-3-4-17-9(8)6-14-10-2-1-7(5-13-10)11(15)16/h1-5H,6H2,(H,13,14)(H,15,16). The average Bonchev–Trinajstić information content (AvgIpc) is 2.73. The fourth-order valence-corrected chi connectivity index (χ4v) is 2.68. The molecular weight excluding hydrogens is 304 g/mol. The lowest BCUT2D eigenvalue weighted by Crippen LogP contribution is -2.02. The lowest BCUT2D eigenvalue weighted by molar-refractivity contribution is 0.0696. The molecule has 4 nitrogen and oxygen atoms in total. The summed E-state index contributed by atoms with van der Waals surface area (Å²) in [6.07, 6.45) is 1.34. The van der Waals surface area contributed by atoms with Gasteiger partial charge in [0.2, 0.25) is 0 Å². The van der Waals surface area contributed by atoms with Crippen LogP contribution in [0, 0.1) is 0 Å². The SMILES string of the molecule is O=C(O)c1ccc(NCc2sccc2Br)nc1. The minimum Gasteiger partial charge on any atom is -0.478 e. The van der Waals surface area contributed by atoms with Crippen LogP contribution in [-0.2, 0) is 6.54 Å². The van der Waals surface area contributed by atoms with Gasteiger partial charge in [0, 0.05) is 15.5 Å². The van der Waals surface area contributed by atoms with Gasteiger partial charge in [-0.3, -0.25) is 0 Å². The van der Waals surface area contributed by atoms with Gasteiger partial charge in [0.25, 0.3) is 0 Å². The highest BCUT2D eigenvalue weighted by Crippen LogP contribution is 2.23. The van der Waals surface area contributed by atoms with Crippen LogP contribution in [0.4, 0.5) is 5.82 Å². The molecule has 0 saturated heterocycles. The van der Waals surface area contributed by atoms with E-state index >= 15 is 0 Å². The number of hydrogen-bond donors (Lipinski definition) is 2. The molecule has 2 heterocycles. The Morgan fingerprint density at radius 3 is 2.82 bits per heavy atom. The van der Waals surface area contributed by atoms with Crippen molar-refractivity contribution in [3.05, 3.63) is 44.7 Å². The number of aromatic carboxylic acids is 1. The molecule has 2 N–H and O–H groups in total. The van der Waals surface area contributed by atoms with Gasteiger partial charge in [-0.2, -0.15) is 0 Å². The molecule has 0 bridgehead atoms. The number of carboxylic acids is 1. The molecule has 2 aromatic heterocycles. The fourth-order valence-electron chi connectivity index (χ4n) is 1.25. The summed E-state index contributed by atoms with van der Waals surface area (Å²) >= 11 is 5.09. The zero-order valence-electron chi connectivity index (χ0n) is 8.68. The third kappa shape index (κ3) is 3.04. The third-order valence-electron chi connectivity index (χ3n) is 2.13. The molecule has 0 atom stereocenters. The lowest BCUT2D eigenvalue weighted by atomic mass is 10.3. The van der Waals surface area contributed by atoms with E-state index in [1.54, 1.807) is 17.4 Å². The predicted molar refractivity (Wildman–Crippen MR) is 70.5 cm³/mol. The second-order valence-electron chi connectivity index (χ2n) is 3.28. The molecule has 2 rings (SSSR count). The first-order chi connectivity index (χ1) is 8.16. The van der Waals surface area contributed by atoms with Crippen LogP contribution in [0.15, 0.2) is 34.2 Å². The van der Waals surface area contributed by atoms with Gasteiger partial charge in [-0.15, -0.1) is 11.3 Å². The molecule has 2 aromatic rings. The van der Waals surface area contributed by atoms with Gasteiger partial charge in [-0.1, -0.05) is 0 Å². The number of nitrogens with one attached hydrogen (secondary N) is 1. The highest BCUT2D eigenvalue weighted by molar-refractivity contribution is 9.10. The second kappa shape index (κ2) is 5.29. The predicted octanol–water partition coefficient (Wildman–Crippen LogP) is 3.22. The van der Waals surface area contributed by atoms with Crippen molar-refractivity contribution in [3.8, 4) is 0 Å². The van der Waals surface area contributed by atoms with Gasteiger partial charge in [0.05, 0.1) is 12.1 Å². The van der Waals surface area contributed by atoms with E-state index in [0.29, 0.717) is 12.4 Å². The van der Waals surface area contributed by atoms with Crippen LogP contribution >= 0.6 is 27.3 Å². The van der Waals surface area contributed by atoms with Gasteiger partial charge in [-0.05, 0) is 39.5 Å². The summed E-state index contributed by atoms with van der Waals surface area (Å²) in [6.45, 7) is 0.664. The van der Waals surface area contributed by atoms with Crippen molar-refractivity contribution >= 4 is 39.1 Å².